The second-order valence-corrected chi connectivity index (χ2v) is 5.20. The number of nitrogens with zero attached hydrogens (tertiary/aromatic N) is 1. The fraction of sp³-hybridized carbons (Fsp3) is 0.0769. The lowest BCUT2D eigenvalue weighted by molar-refractivity contribution is -0.384. The van der Waals surface area contributed by atoms with Crippen molar-refractivity contribution in [1.29, 1.82) is 0 Å². The van der Waals surface area contributed by atoms with Gasteiger partial charge in [0.15, 0.2) is 5.75 Å². The van der Waals surface area contributed by atoms with Gasteiger partial charge < -0.3 is 10.5 Å². The van der Waals surface area contributed by atoms with E-state index in [0.29, 0.717) is 21.8 Å². The van der Waals surface area contributed by atoms with Crippen molar-refractivity contribution >= 4 is 33.2 Å². The van der Waals surface area contributed by atoms with E-state index >= 15 is 0 Å². The first-order valence-electron chi connectivity index (χ1n) is 5.61. The van der Waals surface area contributed by atoms with E-state index in [9.17, 15) is 10.1 Å². The maximum Gasteiger partial charge on any atom is 0.273 e. The highest BCUT2D eigenvalue weighted by Crippen LogP contribution is 2.36. The zero-order chi connectivity index (χ0) is 14.7. The fourth-order valence-electron chi connectivity index (χ4n) is 1.56. The van der Waals surface area contributed by atoms with E-state index in [1.165, 1.54) is 18.2 Å². The van der Waals surface area contributed by atoms with Gasteiger partial charge in [-0.3, -0.25) is 10.1 Å². The van der Waals surface area contributed by atoms with Crippen LogP contribution in [0.1, 0.15) is 5.56 Å². The number of rotatable bonds is 4. The van der Waals surface area contributed by atoms with Gasteiger partial charge in [-0.2, -0.15) is 0 Å². The van der Waals surface area contributed by atoms with Crippen LogP contribution in [0.2, 0.25) is 5.02 Å². The monoisotopic (exact) mass is 356 g/mol. The van der Waals surface area contributed by atoms with Crippen molar-refractivity contribution in [2.45, 2.75) is 6.54 Å². The molecule has 0 saturated carbocycles. The summed E-state index contributed by atoms with van der Waals surface area (Å²) in [7, 11) is 0. The van der Waals surface area contributed by atoms with Gasteiger partial charge in [-0.05, 0) is 39.7 Å². The Morgan fingerprint density at radius 2 is 2.00 bits per heavy atom. The van der Waals surface area contributed by atoms with Gasteiger partial charge in [0.25, 0.3) is 5.69 Å². The highest BCUT2D eigenvalue weighted by molar-refractivity contribution is 9.10. The first kappa shape index (κ1) is 14.8. The number of ether oxygens (including phenoxy) is 1. The standard InChI is InChI=1S/C13H10BrClN2O3/c14-10-5-8(7-16)1-4-12(10)20-13-6-9(17(18)19)2-3-11(13)15/h1-6H,7,16H2. The Bertz CT molecular complexity index is 664. The summed E-state index contributed by atoms with van der Waals surface area (Å²) in [6.07, 6.45) is 0. The quantitative estimate of drug-likeness (QED) is 0.655. The number of hydrogen-bond donors (Lipinski definition) is 1. The van der Waals surface area contributed by atoms with Gasteiger partial charge in [0.2, 0.25) is 0 Å². The minimum Gasteiger partial charge on any atom is -0.454 e. The number of nitro groups is 1. The van der Waals surface area contributed by atoms with Crippen LogP contribution in [0.4, 0.5) is 5.69 Å². The Labute approximate surface area is 128 Å². The summed E-state index contributed by atoms with van der Waals surface area (Å²) in [5.74, 6) is 0.728. The molecule has 2 N–H and O–H groups in total. The molecule has 2 aromatic rings. The lowest BCUT2D eigenvalue weighted by Crippen LogP contribution is -1.96. The molecular formula is C13H10BrClN2O3. The molecule has 0 bridgehead atoms. The number of halogens is 2. The molecular weight excluding hydrogens is 348 g/mol. The van der Waals surface area contributed by atoms with Crippen molar-refractivity contribution in [3.8, 4) is 11.5 Å². The molecule has 5 nitrogen and oxygen atoms in total. The SMILES string of the molecule is NCc1ccc(Oc2cc([N+](=O)[O-])ccc2Cl)c(Br)c1. The summed E-state index contributed by atoms with van der Waals surface area (Å²) in [5, 5.41) is 11.0. The number of benzene rings is 2. The highest BCUT2D eigenvalue weighted by Gasteiger charge is 2.13. The van der Waals surface area contributed by atoms with Crippen molar-refractivity contribution in [1.82, 2.24) is 0 Å². The van der Waals surface area contributed by atoms with Crippen LogP contribution in [-0.2, 0) is 6.54 Å². The van der Waals surface area contributed by atoms with Gasteiger partial charge in [0, 0.05) is 12.6 Å². The van der Waals surface area contributed by atoms with Gasteiger partial charge in [0.1, 0.15) is 5.75 Å². The normalized spacial score (nSPS) is 10.3. The molecule has 7 heteroatoms. The van der Waals surface area contributed by atoms with E-state index in [1.807, 2.05) is 12.1 Å². The molecule has 0 aliphatic carbocycles. The van der Waals surface area contributed by atoms with Crippen LogP contribution in [0.3, 0.4) is 0 Å². The number of non-ortho nitro benzene ring substituents is 1. The summed E-state index contributed by atoms with van der Waals surface area (Å²) in [6.45, 7) is 0.413. The minimum atomic E-state index is -0.504. The van der Waals surface area contributed by atoms with Gasteiger partial charge in [-0.15, -0.1) is 0 Å². The van der Waals surface area contributed by atoms with Crippen LogP contribution in [0.25, 0.3) is 0 Å². The van der Waals surface area contributed by atoms with E-state index in [1.54, 1.807) is 6.07 Å². The van der Waals surface area contributed by atoms with Crippen LogP contribution in [0, 0.1) is 10.1 Å². The van der Waals surface area contributed by atoms with Gasteiger partial charge in [-0.1, -0.05) is 17.7 Å². The number of nitro benzene ring substituents is 1. The highest BCUT2D eigenvalue weighted by atomic mass is 79.9. The molecule has 0 atom stereocenters. The topological polar surface area (TPSA) is 78.4 Å². The molecule has 0 aromatic heterocycles. The summed E-state index contributed by atoms with van der Waals surface area (Å²) < 4.78 is 6.30. The van der Waals surface area contributed by atoms with E-state index in [4.69, 9.17) is 22.1 Å². The molecule has 0 fully saturated rings. The molecule has 0 unspecified atom stereocenters. The third kappa shape index (κ3) is 3.27. The zero-order valence-corrected chi connectivity index (χ0v) is 12.5. The average Bonchev–Trinajstić information content (AvgIpc) is 2.42. The number of nitrogens with two attached hydrogens (primary N) is 1. The summed E-state index contributed by atoms with van der Waals surface area (Å²) in [4.78, 5) is 10.2. The molecule has 0 radical (unpaired) electrons. The summed E-state index contributed by atoms with van der Waals surface area (Å²) >= 11 is 9.34. The van der Waals surface area contributed by atoms with Crippen LogP contribution < -0.4 is 10.5 Å². The van der Waals surface area contributed by atoms with Gasteiger partial charge in [-0.25, -0.2) is 0 Å². The number of hydrogen-bond acceptors (Lipinski definition) is 4. The van der Waals surface area contributed by atoms with Crippen LogP contribution in [0.5, 0.6) is 11.5 Å². The molecule has 2 aromatic carbocycles. The molecule has 104 valence electrons. The third-order valence-corrected chi connectivity index (χ3v) is 3.51. The Kier molecular flexibility index (Phi) is 4.59. The molecule has 20 heavy (non-hydrogen) atoms. The maximum absolute atomic E-state index is 10.8. The Hall–Kier alpha value is -1.63. The van der Waals surface area contributed by atoms with E-state index < -0.39 is 4.92 Å². The fourth-order valence-corrected chi connectivity index (χ4v) is 2.22. The van der Waals surface area contributed by atoms with Gasteiger partial charge >= 0.3 is 0 Å². The molecule has 0 heterocycles. The van der Waals surface area contributed by atoms with Crippen LogP contribution in [0.15, 0.2) is 40.9 Å². The molecule has 0 spiro atoms. The van der Waals surface area contributed by atoms with E-state index in [0.717, 1.165) is 5.56 Å². The summed E-state index contributed by atoms with van der Waals surface area (Å²) in [6, 6.07) is 9.39. The largest absolute Gasteiger partial charge is 0.454 e. The lowest BCUT2D eigenvalue weighted by atomic mass is 10.2. The van der Waals surface area contributed by atoms with Crippen LogP contribution in [-0.4, -0.2) is 4.92 Å². The molecule has 0 aliphatic rings. The van der Waals surface area contributed by atoms with Crippen molar-refractivity contribution in [3.63, 3.8) is 0 Å². The zero-order valence-electron chi connectivity index (χ0n) is 10.2. The minimum absolute atomic E-state index is 0.0842. The summed E-state index contributed by atoms with van der Waals surface area (Å²) in [5.41, 5.74) is 6.40. The molecule has 0 saturated heterocycles. The first-order valence-corrected chi connectivity index (χ1v) is 6.78. The van der Waals surface area contributed by atoms with Crippen molar-refractivity contribution in [3.05, 3.63) is 61.6 Å². The molecule has 0 amide bonds. The van der Waals surface area contributed by atoms with E-state index in [2.05, 4.69) is 15.9 Å². The lowest BCUT2D eigenvalue weighted by Gasteiger charge is -2.10. The maximum atomic E-state index is 10.8. The molecule has 2 rings (SSSR count). The smallest absolute Gasteiger partial charge is 0.273 e. The second-order valence-electron chi connectivity index (χ2n) is 3.94. The van der Waals surface area contributed by atoms with Crippen molar-refractivity contribution < 1.29 is 9.66 Å². The van der Waals surface area contributed by atoms with Crippen LogP contribution >= 0.6 is 27.5 Å². The molecule has 0 aliphatic heterocycles. The second kappa shape index (κ2) is 6.21. The average molecular weight is 358 g/mol. The van der Waals surface area contributed by atoms with Gasteiger partial charge in [0.05, 0.1) is 20.5 Å². The first-order chi connectivity index (χ1) is 9.51. The predicted octanol–water partition coefficient (Wildman–Crippen LogP) is 4.26. The Morgan fingerprint density at radius 1 is 1.25 bits per heavy atom. The Morgan fingerprint density at radius 3 is 2.60 bits per heavy atom. The van der Waals surface area contributed by atoms with Crippen molar-refractivity contribution in [2.24, 2.45) is 5.73 Å². The third-order valence-electron chi connectivity index (χ3n) is 2.58. The van der Waals surface area contributed by atoms with Crippen molar-refractivity contribution in [2.75, 3.05) is 0 Å². The Balaban J connectivity index is 2.34. The van der Waals surface area contributed by atoms with E-state index in [-0.39, 0.29) is 11.4 Å². The predicted molar refractivity (Wildman–Crippen MR) is 80.2 cm³/mol.